The summed E-state index contributed by atoms with van der Waals surface area (Å²) in [4.78, 5) is 22.5. The highest BCUT2D eigenvalue weighted by atomic mass is 16.6. The van der Waals surface area contributed by atoms with Gasteiger partial charge in [0.1, 0.15) is 12.4 Å². The molecule has 0 bridgehead atoms. The lowest BCUT2D eigenvalue weighted by atomic mass is 10.0. The van der Waals surface area contributed by atoms with Crippen molar-refractivity contribution in [3.05, 3.63) is 47.7 Å². The van der Waals surface area contributed by atoms with E-state index in [2.05, 4.69) is 61.2 Å². The molecule has 0 saturated carbocycles. The first kappa shape index (κ1) is 17.2. The molecule has 3 rings (SSSR count). The third-order valence-electron chi connectivity index (χ3n) is 4.45. The van der Waals surface area contributed by atoms with Crippen LogP contribution in [0, 0.1) is 12.8 Å². The van der Waals surface area contributed by atoms with E-state index in [0.29, 0.717) is 18.4 Å². The number of anilines is 2. The molecule has 1 N–H and O–H groups in total. The van der Waals surface area contributed by atoms with Gasteiger partial charge < -0.3 is 10.1 Å². The Hall–Kier alpha value is -2.63. The Morgan fingerprint density at radius 3 is 2.80 bits per heavy atom. The molecule has 25 heavy (non-hydrogen) atoms. The third-order valence-corrected chi connectivity index (χ3v) is 4.45. The molecule has 1 aliphatic heterocycles. The summed E-state index contributed by atoms with van der Waals surface area (Å²) in [6.45, 7) is 8.66. The van der Waals surface area contributed by atoms with Crippen molar-refractivity contribution in [1.82, 2.24) is 9.97 Å². The molecule has 1 fully saturated rings. The lowest BCUT2D eigenvalue weighted by molar-refractivity contribution is 0.177. The number of hydrogen-bond donors (Lipinski definition) is 1. The summed E-state index contributed by atoms with van der Waals surface area (Å²) in [7, 11) is 0. The molecule has 2 aromatic rings. The van der Waals surface area contributed by atoms with Gasteiger partial charge in [-0.15, -0.1) is 0 Å². The van der Waals surface area contributed by atoms with Crippen molar-refractivity contribution in [2.75, 3.05) is 16.8 Å². The SMILES string of the molecule is Cc1cccc([C@H](C)Nc2nccc(N3C(=O)OC[C@@H]3C(C)C)n2)c1. The number of benzene rings is 1. The van der Waals surface area contributed by atoms with Crippen LogP contribution in [0.15, 0.2) is 36.5 Å². The second-order valence-corrected chi connectivity index (χ2v) is 6.78. The number of nitrogens with one attached hydrogen (secondary N) is 1. The van der Waals surface area contributed by atoms with Crippen molar-refractivity contribution in [2.45, 2.75) is 39.8 Å². The first-order valence-electron chi connectivity index (χ1n) is 8.58. The summed E-state index contributed by atoms with van der Waals surface area (Å²) in [6, 6.07) is 10.1. The number of carbonyl (C=O) groups excluding carboxylic acids is 1. The van der Waals surface area contributed by atoms with E-state index in [4.69, 9.17) is 4.74 Å². The number of aromatic nitrogens is 2. The van der Waals surface area contributed by atoms with Gasteiger partial charge in [0.15, 0.2) is 0 Å². The van der Waals surface area contributed by atoms with Crippen molar-refractivity contribution < 1.29 is 9.53 Å². The lowest BCUT2D eigenvalue weighted by Crippen LogP contribution is -2.37. The van der Waals surface area contributed by atoms with Gasteiger partial charge in [0.2, 0.25) is 5.95 Å². The van der Waals surface area contributed by atoms with Gasteiger partial charge in [-0.2, -0.15) is 4.98 Å². The predicted octanol–water partition coefficient (Wildman–Crippen LogP) is 3.94. The molecule has 2 atom stereocenters. The molecular formula is C19H24N4O2. The maximum atomic E-state index is 12.1. The van der Waals surface area contributed by atoms with Gasteiger partial charge in [-0.3, -0.25) is 4.90 Å². The number of ether oxygens (including phenoxy) is 1. The average Bonchev–Trinajstić information content (AvgIpc) is 2.97. The van der Waals surface area contributed by atoms with E-state index < -0.39 is 0 Å². The van der Waals surface area contributed by atoms with E-state index in [1.807, 2.05) is 6.07 Å². The highest BCUT2D eigenvalue weighted by Gasteiger charge is 2.37. The first-order valence-corrected chi connectivity index (χ1v) is 8.58. The van der Waals surface area contributed by atoms with Crippen LogP contribution < -0.4 is 10.2 Å². The quantitative estimate of drug-likeness (QED) is 0.893. The molecule has 1 amide bonds. The summed E-state index contributed by atoms with van der Waals surface area (Å²) in [5, 5.41) is 3.31. The number of cyclic esters (lactones) is 1. The summed E-state index contributed by atoms with van der Waals surface area (Å²) in [6.07, 6.45) is 1.31. The lowest BCUT2D eigenvalue weighted by Gasteiger charge is -2.23. The number of amides is 1. The Balaban J connectivity index is 1.81. The second kappa shape index (κ2) is 7.09. The minimum atomic E-state index is -0.352. The van der Waals surface area contributed by atoms with Gasteiger partial charge in [-0.25, -0.2) is 9.78 Å². The van der Waals surface area contributed by atoms with Gasteiger partial charge in [0, 0.05) is 6.20 Å². The van der Waals surface area contributed by atoms with Crippen molar-refractivity contribution in [2.24, 2.45) is 5.92 Å². The van der Waals surface area contributed by atoms with Gasteiger partial charge in [0.25, 0.3) is 0 Å². The Morgan fingerprint density at radius 2 is 2.08 bits per heavy atom. The van der Waals surface area contributed by atoms with Crippen LogP contribution in [-0.2, 0) is 4.74 Å². The zero-order valence-electron chi connectivity index (χ0n) is 15.1. The second-order valence-electron chi connectivity index (χ2n) is 6.78. The van der Waals surface area contributed by atoms with Crippen molar-refractivity contribution in [3.63, 3.8) is 0 Å². The average molecular weight is 340 g/mol. The molecule has 2 heterocycles. The zero-order chi connectivity index (χ0) is 18.0. The zero-order valence-corrected chi connectivity index (χ0v) is 15.1. The summed E-state index contributed by atoms with van der Waals surface area (Å²) < 4.78 is 5.20. The molecule has 132 valence electrons. The number of hydrogen-bond acceptors (Lipinski definition) is 5. The predicted molar refractivity (Wildman–Crippen MR) is 97.7 cm³/mol. The smallest absolute Gasteiger partial charge is 0.415 e. The normalized spacial score (nSPS) is 18.4. The van der Waals surface area contributed by atoms with Gasteiger partial charge in [-0.05, 0) is 31.4 Å². The molecule has 6 heteroatoms. The molecule has 0 aliphatic carbocycles. The minimum Gasteiger partial charge on any atom is -0.447 e. The fourth-order valence-electron chi connectivity index (χ4n) is 2.96. The summed E-state index contributed by atoms with van der Waals surface area (Å²) in [5.41, 5.74) is 2.37. The topological polar surface area (TPSA) is 67.4 Å². The van der Waals surface area contributed by atoms with E-state index in [1.54, 1.807) is 17.2 Å². The number of rotatable bonds is 5. The Morgan fingerprint density at radius 1 is 1.28 bits per heavy atom. The molecule has 1 aromatic heterocycles. The van der Waals surface area contributed by atoms with Crippen LogP contribution in [0.3, 0.4) is 0 Å². The maximum absolute atomic E-state index is 12.1. The fraction of sp³-hybridized carbons (Fsp3) is 0.421. The van der Waals surface area contributed by atoms with Crippen LogP contribution in [0.1, 0.15) is 37.9 Å². The van der Waals surface area contributed by atoms with Gasteiger partial charge in [0.05, 0.1) is 12.1 Å². The molecule has 1 aromatic carbocycles. The fourth-order valence-corrected chi connectivity index (χ4v) is 2.96. The molecule has 1 saturated heterocycles. The van der Waals surface area contributed by atoms with E-state index in [1.165, 1.54) is 5.56 Å². The highest BCUT2D eigenvalue weighted by Crippen LogP contribution is 2.26. The van der Waals surface area contributed by atoms with Crippen LogP contribution in [0.5, 0.6) is 0 Å². The van der Waals surface area contributed by atoms with Crippen LogP contribution in [0.4, 0.5) is 16.6 Å². The standard InChI is InChI=1S/C19H24N4O2/c1-12(2)16-11-25-19(24)23(16)17-8-9-20-18(22-17)21-14(4)15-7-5-6-13(3)10-15/h5-10,12,14,16H,11H2,1-4H3,(H,20,21,22)/t14-,16+/m0/s1. The summed E-state index contributed by atoms with van der Waals surface area (Å²) in [5.74, 6) is 1.34. The van der Waals surface area contributed by atoms with E-state index >= 15 is 0 Å². The Labute approximate surface area is 148 Å². The van der Waals surface area contributed by atoms with Crippen LogP contribution >= 0.6 is 0 Å². The van der Waals surface area contributed by atoms with Crippen LogP contribution in [0.25, 0.3) is 0 Å². The monoisotopic (exact) mass is 340 g/mol. The molecule has 0 spiro atoms. The molecule has 0 radical (unpaired) electrons. The van der Waals surface area contributed by atoms with Crippen molar-refractivity contribution in [1.29, 1.82) is 0 Å². The molecular weight excluding hydrogens is 316 g/mol. The van der Waals surface area contributed by atoms with Crippen molar-refractivity contribution in [3.8, 4) is 0 Å². The maximum Gasteiger partial charge on any atom is 0.415 e. The first-order chi connectivity index (χ1) is 12.0. The molecule has 6 nitrogen and oxygen atoms in total. The number of carbonyl (C=O) groups is 1. The van der Waals surface area contributed by atoms with Crippen molar-refractivity contribution >= 4 is 17.9 Å². The highest BCUT2D eigenvalue weighted by molar-refractivity contribution is 5.89. The largest absolute Gasteiger partial charge is 0.447 e. The third kappa shape index (κ3) is 3.73. The summed E-state index contributed by atoms with van der Waals surface area (Å²) >= 11 is 0. The van der Waals surface area contributed by atoms with E-state index in [-0.39, 0.29) is 24.1 Å². The van der Waals surface area contributed by atoms with Gasteiger partial charge in [-0.1, -0.05) is 43.7 Å². The Kier molecular flexibility index (Phi) is 4.88. The van der Waals surface area contributed by atoms with Crippen LogP contribution in [-0.4, -0.2) is 28.7 Å². The minimum absolute atomic E-state index is 0.00977. The number of aryl methyl sites for hydroxylation is 1. The Bertz CT molecular complexity index is 763. The van der Waals surface area contributed by atoms with E-state index in [0.717, 1.165) is 5.56 Å². The van der Waals surface area contributed by atoms with E-state index in [9.17, 15) is 4.79 Å². The molecule has 0 unspecified atom stereocenters. The number of nitrogens with zero attached hydrogens (tertiary/aromatic N) is 3. The molecule has 1 aliphatic rings. The van der Waals surface area contributed by atoms with Crippen LogP contribution in [0.2, 0.25) is 0 Å². The van der Waals surface area contributed by atoms with Gasteiger partial charge >= 0.3 is 6.09 Å².